The van der Waals surface area contributed by atoms with E-state index in [-0.39, 0.29) is 11.8 Å². The highest BCUT2D eigenvalue weighted by Crippen LogP contribution is 2.18. The number of rotatable bonds is 2. The zero-order valence-corrected chi connectivity index (χ0v) is 8.31. The number of aromatic nitrogens is 1. The first kappa shape index (κ1) is 9.19. The molecule has 0 aromatic carbocycles. The molecule has 0 saturated carbocycles. The van der Waals surface area contributed by atoms with Crippen molar-refractivity contribution in [1.82, 2.24) is 9.88 Å². The fourth-order valence-corrected chi connectivity index (χ4v) is 1.74. The average Bonchev–Trinajstić information content (AvgIpc) is 2.52. The third kappa shape index (κ3) is 1.76. The fourth-order valence-electron chi connectivity index (χ4n) is 1.74. The van der Waals surface area contributed by atoms with E-state index in [1.54, 1.807) is 6.20 Å². The molecule has 0 bridgehead atoms. The fraction of sp³-hybridized carbons (Fsp3) is 0.455. The smallest absolute Gasteiger partial charge is 0.225 e. The van der Waals surface area contributed by atoms with E-state index in [0.717, 1.165) is 18.7 Å². The molecule has 74 valence electrons. The second kappa shape index (κ2) is 3.78. The Hall–Kier alpha value is -1.38. The summed E-state index contributed by atoms with van der Waals surface area (Å²) in [5.41, 5.74) is 0.968. The summed E-state index contributed by atoms with van der Waals surface area (Å²) in [6.45, 7) is 3.52. The van der Waals surface area contributed by atoms with Gasteiger partial charge in [-0.1, -0.05) is 13.0 Å². The van der Waals surface area contributed by atoms with E-state index in [4.69, 9.17) is 0 Å². The minimum Gasteiger partial charge on any atom is -0.337 e. The number of amides is 1. The molecule has 3 nitrogen and oxygen atoms in total. The Kier molecular flexibility index (Phi) is 2.48. The molecule has 1 aromatic rings. The van der Waals surface area contributed by atoms with E-state index >= 15 is 0 Å². The van der Waals surface area contributed by atoms with Gasteiger partial charge in [0.05, 0.1) is 12.2 Å². The van der Waals surface area contributed by atoms with Crippen LogP contribution in [0.25, 0.3) is 0 Å². The van der Waals surface area contributed by atoms with Gasteiger partial charge < -0.3 is 4.90 Å². The van der Waals surface area contributed by atoms with Crippen molar-refractivity contribution in [3.8, 4) is 0 Å². The van der Waals surface area contributed by atoms with Crippen LogP contribution in [0.5, 0.6) is 0 Å². The van der Waals surface area contributed by atoms with Crippen LogP contribution < -0.4 is 0 Å². The van der Waals surface area contributed by atoms with Crippen LogP contribution in [0.3, 0.4) is 0 Å². The molecule has 1 aromatic heterocycles. The van der Waals surface area contributed by atoms with Crippen LogP contribution in [0.1, 0.15) is 19.0 Å². The third-order valence-electron chi connectivity index (χ3n) is 2.64. The molecule has 1 fully saturated rings. The largest absolute Gasteiger partial charge is 0.337 e. The Balaban J connectivity index is 2.02. The van der Waals surface area contributed by atoms with Crippen LogP contribution >= 0.6 is 0 Å². The molecule has 0 spiro atoms. The lowest BCUT2D eigenvalue weighted by molar-refractivity contribution is -0.131. The van der Waals surface area contributed by atoms with E-state index in [1.165, 1.54) is 0 Å². The lowest BCUT2D eigenvalue weighted by atomic mass is 10.1. The molecule has 0 aliphatic carbocycles. The minimum absolute atomic E-state index is 0.193. The lowest BCUT2D eigenvalue weighted by Gasteiger charge is -2.14. The van der Waals surface area contributed by atoms with Crippen molar-refractivity contribution in [2.75, 3.05) is 6.54 Å². The van der Waals surface area contributed by atoms with Crippen molar-refractivity contribution in [2.45, 2.75) is 19.9 Å². The van der Waals surface area contributed by atoms with E-state index in [1.807, 2.05) is 30.0 Å². The zero-order valence-electron chi connectivity index (χ0n) is 8.31. The van der Waals surface area contributed by atoms with Crippen LogP contribution in [0.2, 0.25) is 0 Å². The van der Waals surface area contributed by atoms with E-state index in [9.17, 15) is 4.79 Å². The Labute approximate surface area is 83.8 Å². The Morgan fingerprint density at radius 1 is 1.57 bits per heavy atom. The zero-order chi connectivity index (χ0) is 9.97. The first-order chi connectivity index (χ1) is 6.77. The molecule has 2 rings (SSSR count). The highest BCUT2D eigenvalue weighted by atomic mass is 16.2. The monoisotopic (exact) mass is 190 g/mol. The van der Waals surface area contributed by atoms with E-state index in [2.05, 4.69) is 4.98 Å². The molecule has 0 radical (unpaired) electrons. The first-order valence-electron chi connectivity index (χ1n) is 4.96. The second-order valence-electron chi connectivity index (χ2n) is 3.77. The van der Waals surface area contributed by atoms with Gasteiger partial charge in [-0.15, -0.1) is 0 Å². The number of nitrogens with zero attached hydrogens (tertiary/aromatic N) is 2. The summed E-state index contributed by atoms with van der Waals surface area (Å²) in [5, 5.41) is 0. The summed E-state index contributed by atoms with van der Waals surface area (Å²) >= 11 is 0. The maximum absolute atomic E-state index is 11.6. The number of carbonyl (C=O) groups is 1. The van der Waals surface area contributed by atoms with Crippen molar-refractivity contribution < 1.29 is 4.79 Å². The molecule has 1 aliphatic rings. The quantitative estimate of drug-likeness (QED) is 0.707. The van der Waals surface area contributed by atoms with Gasteiger partial charge in [-0.05, 0) is 18.6 Å². The summed E-state index contributed by atoms with van der Waals surface area (Å²) in [4.78, 5) is 17.7. The van der Waals surface area contributed by atoms with Crippen LogP contribution in [-0.2, 0) is 11.3 Å². The number of likely N-dealkylation sites (tertiary alicyclic amines) is 1. The number of carbonyl (C=O) groups excluding carboxylic acids is 1. The normalized spacial score (nSPS) is 21.6. The van der Waals surface area contributed by atoms with Gasteiger partial charge in [0, 0.05) is 18.7 Å². The predicted molar refractivity (Wildman–Crippen MR) is 53.4 cm³/mol. The molecule has 0 N–H and O–H groups in total. The first-order valence-corrected chi connectivity index (χ1v) is 4.96. The van der Waals surface area contributed by atoms with Crippen molar-refractivity contribution in [1.29, 1.82) is 0 Å². The molecular formula is C11H14N2O. The maximum atomic E-state index is 11.6. The highest BCUT2D eigenvalue weighted by molar-refractivity contribution is 5.80. The number of hydrogen-bond acceptors (Lipinski definition) is 2. The van der Waals surface area contributed by atoms with Crippen molar-refractivity contribution in [3.63, 3.8) is 0 Å². The second-order valence-corrected chi connectivity index (χ2v) is 3.77. The predicted octanol–water partition coefficient (Wildman–Crippen LogP) is 1.45. The SMILES string of the molecule is CC1CCN(Cc2ccccn2)C1=O. The van der Waals surface area contributed by atoms with E-state index < -0.39 is 0 Å². The Morgan fingerprint density at radius 2 is 2.43 bits per heavy atom. The lowest BCUT2D eigenvalue weighted by Crippen LogP contribution is -2.26. The minimum atomic E-state index is 0.193. The van der Waals surface area contributed by atoms with Gasteiger partial charge in [0.2, 0.25) is 5.91 Å². The van der Waals surface area contributed by atoms with Crippen molar-refractivity contribution >= 4 is 5.91 Å². The number of pyridine rings is 1. The van der Waals surface area contributed by atoms with Gasteiger partial charge in [-0.25, -0.2) is 0 Å². The van der Waals surface area contributed by atoms with Crippen LogP contribution in [0.4, 0.5) is 0 Å². The van der Waals surface area contributed by atoms with Crippen LogP contribution in [0, 0.1) is 5.92 Å². The molecule has 14 heavy (non-hydrogen) atoms. The Bertz CT molecular complexity index is 323. The third-order valence-corrected chi connectivity index (χ3v) is 2.64. The number of hydrogen-bond donors (Lipinski definition) is 0. The van der Waals surface area contributed by atoms with Gasteiger partial charge in [0.15, 0.2) is 0 Å². The highest BCUT2D eigenvalue weighted by Gasteiger charge is 2.27. The summed E-state index contributed by atoms with van der Waals surface area (Å²) in [7, 11) is 0. The summed E-state index contributed by atoms with van der Waals surface area (Å²) < 4.78 is 0. The molecule has 1 atom stereocenters. The molecule has 1 aliphatic heterocycles. The summed E-state index contributed by atoms with van der Waals surface area (Å²) in [6, 6.07) is 5.79. The Morgan fingerprint density at radius 3 is 3.00 bits per heavy atom. The topological polar surface area (TPSA) is 33.2 Å². The summed E-state index contributed by atoms with van der Waals surface area (Å²) in [5.74, 6) is 0.453. The molecule has 3 heteroatoms. The average molecular weight is 190 g/mol. The standard InChI is InChI=1S/C11H14N2O/c1-9-5-7-13(11(9)14)8-10-4-2-3-6-12-10/h2-4,6,9H,5,7-8H2,1H3. The van der Waals surface area contributed by atoms with Crippen LogP contribution in [-0.4, -0.2) is 22.3 Å². The molecular weight excluding hydrogens is 176 g/mol. The molecule has 1 saturated heterocycles. The van der Waals surface area contributed by atoms with Crippen molar-refractivity contribution in [2.24, 2.45) is 5.92 Å². The van der Waals surface area contributed by atoms with Crippen molar-refractivity contribution in [3.05, 3.63) is 30.1 Å². The van der Waals surface area contributed by atoms with Gasteiger partial charge >= 0.3 is 0 Å². The maximum Gasteiger partial charge on any atom is 0.225 e. The van der Waals surface area contributed by atoms with Gasteiger partial charge in [0.25, 0.3) is 0 Å². The molecule has 1 amide bonds. The van der Waals surface area contributed by atoms with Gasteiger partial charge in [0.1, 0.15) is 0 Å². The van der Waals surface area contributed by atoms with Gasteiger partial charge in [-0.3, -0.25) is 9.78 Å². The van der Waals surface area contributed by atoms with Crippen LogP contribution in [0.15, 0.2) is 24.4 Å². The molecule has 1 unspecified atom stereocenters. The van der Waals surface area contributed by atoms with E-state index in [0.29, 0.717) is 6.54 Å². The van der Waals surface area contributed by atoms with Gasteiger partial charge in [-0.2, -0.15) is 0 Å². The molecule has 2 heterocycles. The summed E-state index contributed by atoms with van der Waals surface area (Å²) in [6.07, 6.45) is 2.74.